The summed E-state index contributed by atoms with van der Waals surface area (Å²) >= 11 is 0. The van der Waals surface area contributed by atoms with Gasteiger partial charge in [-0.15, -0.1) is 0 Å². The van der Waals surface area contributed by atoms with E-state index in [-0.39, 0.29) is 11.6 Å². The highest BCUT2D eigenvalue weighted by atomic mass is 19.1. The highest BCUT2D eigenvalue weighted by molar-refractivity contribution is 5.79. The van der Waals surface area contributed by atoms with E-state index in [4.69, 9.17) is 5.73 Å². The smallest absolute Gasteiger partial charge is 0.191 e. The Balaban J connectivity index is 2.02. The van der Waals surface area contributed by atoms with Crippen LogP contribution in [0, 0.1) is 23.1 Å². The van der Waals surface area contributed by atoms with E-state index in [1.165, 1.54) is 16.8 Å². The summed E-state index contributed by atoms with van der Waals surface area (Å²) in [7, 11) is 0. The standard InChI is InChI=1S/C20H28FN7/c1-4-24-20(26-13-14(2)3)25-11-5-6-18-17(12-22)19(23)28(27-18)16-9-7-15(21)8-10-16/h7-10,14H,4-6,11,13,23H2,1-3H3,(H2,24,25,26). The minimum atomic E-state index is -0.336. The van der Waals surface area contributed by atoms with Gasteiger partial charge in [-0.1, -0.05) is 13.8 Å². The second-order valence-electron chi connectivity index (χ2n) is 6.85. The number of anilines is 1. The highest BCUT2D eigenvalue weighted by Crippen LogP contribution is 2.21. The first-order chi connectivity index (χ1) is 13.5. The van der Waals surface area contributed by atoms with Crippen LogP contribution in [0.1, 0.15) is 38.4 Å². The molecule has 2 aromatic rings. The van der Waals surface area contributed by atoms with Gasteiger partial charge in [-0.25, -0.2) is 9.07 Å². The van der Waals surface area contributed by atoms with Crippen LogP contribution in [0.4, 0.5) is 10.2 Å². The van der Waals surface area contributed by atoms with E-state index in [1.54, 1.807) is 12.1 Å². The summed E-state index contributed by atoms with van der Waals surface area (Å²) in [6, 6.07) is 7.97. The Morgan fingerprint density at radius 1 is 1.32 bits per heavy atom. The molecule has 0 spiro atoms. The van der Waals surface area contributed by atoms with Crippen LogP contribution in [-0.4, -0.2) is 35.4 Å². The van der Waals surface area contributed by atoms with Crippen LogP contribution in [0.2, 0.25) is 0 Å². The Bertz CT molecular complexity index is 831. The van der Waals surface area contributed by atoms with Gasteiger partial charge in [-0.3, -0.25) is 4.99 Å². The van der Waals surface area contributed by atoms with Gasteiger partial charge in [0.1, 0.15) is 23.3 Å². The second-order valence-corrected chi connectivity index (χ2v) is 6.85. The average molecular weight is 385 g/mol. The molecule has 0 aliphatic carbocycles. The van der Waals surface area contributed by atoms with Crippen LogP contribution in [0.25, 0.3) is 5.69 Å². The highest BCUT2D eigenvalue weighted by Gasteiger charge is 2.16. The molecule has 0 radical (unpaired) electrons. The van der Waals surface area contributed by atoms with Gasteiger partial charge in [-0.2, -0.15) is 10.4 Å². The van der Waals surface area contributed by atoms with Gasteiger partial charge in [0, 0.05) is 19.6 Å². The van der Waals surface area contributed by atoms with Crippen molar-refractivity contribution in [3.63, 3.8) is 0 Å². The van der Waals surface area contributed by atoms with Crippen molar-refractivity contribution in [2.45, 2.75) is 33.6 Å². The molecule has 150 valence electrons. The van der Waals surface area contributed by atoms with E-state index >= 15 is 0 Å². The quantitative estimate of drug-likeness (QED) is 0.368. The summed E-state index contributed by atoms with van der Waals surface area (Å²) in [6.07, 6.45) is 1.36. The van der Waals surface area contributed by atoms with E-state index in [1.807, 2.05) is 6.92 Å². The molecule has 0 atom stereocenters. The maximum Gasteiger partial charge on any atom is 0.191 e. The van der Waals surface area contributed by atoms with Gasteiger partial charge >= 0.3 is 0 Å². The van der Waals surface area contributed by atoms with Gasteiger partial charge in [0.25, 0.3) is 0 Å². The summed E-state index contributed by atoms with van der Waals surface area (Å²) in [5, 5.41) is 20.4. The number of hydrogen-bond acceptors (Lipinski definition) is 4. The Kier molecular flexibility index (Phi) is 7.81. The molecule has 28 heavy (non-hydrogen) atoms. The van der Waals surface area contributed by atoms with E-state index < -0.39 is 0 Å². The fourth-order valence-electron chi connectivity index (χ4n) is 2.63. The zero-order chi connectivity index (χ0) is 20.5. The van der Waals surface area contributed by atoms with Gasteiger partial charge in [0.2, 0.25) is 0 Å². The molecule has 0 saturated heterocycles. The number of nitrogens with one attached hydrogen (secondary N) is 2. The minimum Gasteiger partial charge on any atom is -0.382 e. The molecule has 0 bridgehead atoms. The van der Waals surface area contributed by atoms with Crippen LogP contribution >= 0.6 is 0 Å². The first-order valence-electron chi connectivity index (χ1n) is 9.51. The number of hydrogen-bond donors (Lipinski definition) is 3. The molecule has 1 aromatic heterocycles. The number of nitrogens with zero attached hydrogens (tertiary/aromatic N) is 4. The maximum atomic E-state index is 13.1. The van der Waals surface area contributed by atoms with Crippen molar-refractivity contribution in [3.05, 3.63) is 41.3 Å². The van der Waals surface area contributed by atoms with Gasteiger partial charge in [0.15, 0.2) is 5.96 Å². The fraction of sp³-hybridized carbons (Fsp3) is 0.450. The zero-order valence-corrected chi connectivity index (χ0v) is 16.7. The topological polar surface area (TPSA) is 104 Å². The summed E-state index contributed by atoms with van der Waals surface area (Å²) in [4.78, 5) is 4.53. The summed E-state index contributed by atoms with van der Waals surface area (Å²) in [6.45, 7) is 8.51. The Labute approximate surface area is 165 Å². The van der Waals surface area contributed by atoms with Crippen molar-refractivity contribution in [1.29, 1.82) is 5.26 Å². The Morgan fingerprint density at radius 3 is 2.64 bits per heavy atom. The molecule has 1 aromatic carbocycles. The second kappa shape index (κ2) is 10.3. The van der Waals surface area contributed by atoms with Crippen molar-refractivity contribution >= 4 is 11.8 Å². The number of benzene rings is 1. The van der Waals surface area contributed by atoms with Crippen LogP contribution in [0.3, 0.4) is 0 Å². The third-order valence-electron chi connectivity index (χ3n) is 4.02. The predicted octanol–water partition coefficient (Wildman–Crippen LogP) is 2.61. The van der Waals surface area contributed by atoms with Crippen molar-refractivity contribution in [2.75, 3.05) is 25.4 Å². The first kappa shape index (κ1) is 21.2. The lowest BCUT2D eigenvalue weighted by atomic mass is 10.1. The molecule has 0 aliphatic rings. The normalized spacial score (nSPS) is 11.5. The number of nitrogen functional groups attached to an aromatic ring is 1. The van der Waals surface area contributed by atoms with Crippen LogP contribution in [0.5, 0.6) is 0 Å². The molecule has 0 saturated carbocycles. The number of nitrogens with two attached hydrogens (primary N) is 1. The fourth-order valence-corrected chi connectivity index (χ4v) is 2.63. The van der Waals surface area contributed by atoms with Crippen LogP contribution in [-0.2, 0) is 6.42 Å². The molecule has 0 amide bonds. The first-order valence-corrected chi connectivity index (χ1v) is 9.51. The zero-order valence-electron chi connectivity index (χ0n) is 16.7. The van der Waals surface area contributed by atoms with Crippen LogP contribution < -0.4 is 16.4 Å². The molecule has 0 fully saturated rings. The largest absolute Gasteiger partial charge is 0.382 e. The van der Waals surface area contributed by atoms with E-state index in [2.05, 4.69) is 40.6 Å². The molecule has 8 heteroatoms. The Hall–Kier alpha value is -3.08. The third kappa shape index (κ3) is 5.71. The summed E-state index contributed by atoms with van der Waals surface area (Å²) in [5.41, 5.74) is 7.70. The van der Waals surface area contributed by atoms with Crippen molar-refractivity contribution in [2.24, 2.45) is 10.9 Å². The number of aliphatic imine (C=N–C) groups is 1. The lowest BCUT2D eigenvalue weighted by Crippen LogP contribution is -2.38. The van der Waals surface area contributed by atoms with E-state index in [0.29, 0.717) is 35.8 Å². The van der Waals surface area contributed by atoms with Gasteiger partial charge in [0.05, 0.1) is 11.4 Å². The summed E-state index contributed by atoms with van der Waals surface area (Å²) in [5.74, 6) is 1.21. The summed E-state index contributed by atoms with van der Waals surface area (Å²) < 4.78 is 14.6. The molecule has 2 rings (SSSR count). The van der Waals surface area contributed by atoms with Crippen LogP contribution in [0.15, 0.2) is 29.3 Å². The van der Waals surface area contributed by atoms with E-state index in [0.717, 1.165) is 25.5 Å². The molecule has 0 aliphatic heterocycles. The number of guanidine groups is 1. The number of rotatable bonds is 8. The lowest BCUT2D eigenvalue weighted by molar-refractivity contribution is 0.627. The lowest BCUT2D eigenvalue weighted by Gasteiger charge is -2.11. The van der Waals surface area contributed by atoms with Crippen molar-refractivity contribution < 1.29 is 4.39 Å². The molecular weight excluding hydrogens is 357 g/mol. The molecule has 0 unspecified atom stereocenters. The number of nitriles is 1. The molecule has 7 nitrogen and oxygen atoms in total. The van der Waals surface area contributed by atoms with Crippen molar-refractivity contribution in [1.82, 2.24) is 20.4 Å². The molecule has 4 N–H and O–H groups in total. The average Bonchev–Trinajstić information content (AvgIpc) is 2.99. The Morgan fingerprint density at radius 2 is 2.04 bits per heavy atom. The predicted molar refractivity (Wildman–Crippen MR) is 110 cm³/mol. The van der Waals surface area contributed by atoms with Gasteiger partial charge < -0.3 is 16.4 Å². The van der Waals surface area contributed by atoms with Gasteiger partial charge in [-0.05, 0) is 49.9 Å². The molecule has 1 heterocycles. The minimum absolute atomic E-state index is 0.268. The van der Waals surface area contributed by atoms with Crippen molar-refractivity contribution in [3.8, 4) is 11.8 Å². The maximum absolute atomic E-state index is 13.1. The number of halogens is 1. The monoisotopic (exact) mass is 385 g/mol. The number of aryl methyl sites for hydroxylation is 1. The number of aromatic nitrogens is 2. The third-order valence-corrected chi connectivity index (χ3v) is 4.02. The van der Waals surface area contributed by atoms with E-state index in [9.17, 15) is 9.65 Å². The molecular formula is C20H28FN7. The SMILES string of the molecule is CCNC(=NCC(C)C)NCCCc1nn(-c2ccc(F)cc2)c(N)c1C#N.